The third-order valence-electron chi connectivity index (χ3n) is 6.94. The van der Waals surface area contributed by atoms with E-state index >= 15 is 0 Å². The Kier molecular flexibility index (Phi) is 10.7. The van der Waals surface area contributed by atoms with Crippen LogP contribution in [0.1, 0.15) is 52.1 Å². The average molecular weight is 550 g/mol. The number of methoxy groups -OCH3 is 1. The highest BCUT2D eigenvalue weighted by Crippen LogP contribution is 2.23. The SMILES string of the molecule is COCCN1CCCCCCN(C(=O)c2ccc(Cl)cn2)[C@@H](Cc2ccccc2)COc2ccccc2C1=O. The highest BCUT2D eigenvalue weighted by atomic mass is 35.5. The van der Waals surface area contributed by atoms with Gasteiger partial charge < -0.3 is 19.3 Å². The summed E-state index contributed by atoms with van der Waals surface area (Å²) >= 11 is 6.04. The van der Waals surface area contributed by atoms with Gasteiger partial charge in [-0.25, -0.2) is 4.98 Å². The van der Waals surface area contributed by atoms with Crippen LogP contribution >= 0.6 is 11.6 Å². The highest BCUT2D eigenvalue weighted by Gasteiger charge is 2.28. The molecule has 2 heterocycles. The molecule has 39 heavy (non-hydrogen) atoms. The summed E-state index contributed by atoms with van der Waals surface area (Å²) in [7, 11) is 1.64. The van der Waals surface area contributed by atoms with Gasteiger partial charge in [-0.15, -0.1) is 0 Å². The van der Waals surface area contributed by atoms with Gasteiger partial charge in [-0.2, -0.15) is 0 Å². The number of fused-ring (bicyclic) bond motifs is 1. The zero-order valence-electron chi connectivity index (χ0n) is 22.4. The Labute approximate surface area is 235 Å². The topological polar surface area (TPSA) is 72.0 Å². The molecule has 7 nitrogen and oxygen atoms in total. The minimum Gasteiger partial charge on any atom is -0.491 e. The summed E-state index contributed by atoms with van der Waals surface area (Å²) in [6.45, 7) is 2.46. The van der Waals surface area contributed by atoms with Crippen LogP contribution in [0.2, 0.25) is 5.02 Å². The smallest absolute Gasteiger partial charge is 0.272 e. The lowest BCUT2D eigenvalue weighted by Crippen LogP contribution is -2.46. The van der Waals surface area contributed by atoms with Crippen molar-refractivity contribution in [3.8, 4) is 5.75 Å². The lowest BCUT2D eigenvalue weighted by Gasteiger charge is -2.33. The number of hydrogen-bond donors (Lipinski definition) is 0. The number of benzene rings is 2. The molecule has 0 bridgehead atoms. The van der Waals surface area contributed by atoms with E-state index in [1.54, 1.807) is 25.3 Å². The quantitative estimate of drug-likeness (QED) is 0.404. The molecule has 0 N–H and O–H groups in total. The van der Waals surface area contributed by atoms with Crippen LogP contribution in [-0.2, 0) is 11.2 Å². The Hall–Kier alpha value is -3.42. The molecule has 0 unspecified atom stereocenters. The molecule has 2 amide bonds. The average Bonchev–Trinajstić information content (AvgIpc) is 2.96. The molecule has 4 rings (SSSR count). The number of para-hydroxylation sites is 1. The molecule has 0 radical (unpaired) electrons. The number of carbonyl (C=O) groups is 2. The maximum absolute atomic E-state index is 13.8. The van der Waals surface area contributed by atoms with Crippen LogP contribution in [-0.4, -0.2) is 72.6 Å². The van der Waals surface area contributed by atoms with E-state index in [1.807, 2.05) is 46.2 Å². The van der Waals surface area contributed by atoms with Gasteiger partial charge in [0.25, 0.3) is 11.8 Å². The molecule has 1 aliphatic rings. The van der Waals surface area contributed by atoms with Gasteiger partial charge in [0.05, 0.1) is 23.2 Å². The Morgan fingerprint density at radius 1 is 1.00 bits per heavy atom. The molecular formula is C31H36ClN3O4. The maximum atomic E-state index is 13.8. The number of halogens is 1. The van der Waals surface area contributed by atoms with Crippen LogP contribution in [0.3, 0.4) is 0 Å². The third kappa shape index (κ3) is 8.04. The second-order valence-electron chi connectivity index (χ2n) is 9.71. The first kappa shape index (κ1) is 28.6. The zero-order valence-corrected chi connectivity index (χ0v) is 23.2. The van der Waals surface area contributed by atoms with Crippen molar-refractivity contribution in [3.05, 3.63) is 94.8 Å². The number of nitrogens with zero attached hydrogens (tertiary/aromatic N) is 3. The van der Waals surface area contributed by atoms with Crippen molar-refractivity contribution < 1.29 is 19.1 Å². The summed E-state index contributed by atoms with van der Waals surface area (Å²) in [4.78, 5) is 35.4. The molecule has 1 aromatic heterocycles. The molecule has 1 aliphatic heterocycles. The zero-order chi connectivity index (χ0) is 27.5. The van der Waals surface area contributed by atoms with Gasteiger partial charge in [0.1, 0.15) is 18.1 Å². The molecule has 0 saturated carbocycles. The van der Waals surface area contributed by atoms with Crippen LogP contribution < -0.4 is 4.74 Å². The van der Waals surface area contributed by atoms with Crippen molar-refractivity contribution in [2.75, 3.05) is 40.0 Å². The Morgan fingerprint density at radius 2 is 1.74 bits per heavy atom. The lowest BCUT2D eigenvalue weighted by atomic mass is 10.0. The fourth-order valence-corrected chi connectivity index (χ4v) is 4.94. The molecule has 8 heteroatoms. The number of carbonyl (C=O) groups excluding carboxylic acids is 2. The van der Waals surface area contributed by atoms with Gasteiger partial charge in [-0.05, 0) is 49.1 Å². The van der Waals surface area contributed by atoms with Crippen LogP contribution in [0.15, 0.2) is 72.9 Å². The van der Waals surface area contributed by atoms with Crippen LogP contribution in [0.4, 0.5) is 0 Å². The Balaban J connectivity index is 1.67. The van der Waals surface area contributed by atoms with Crippen molar-refractivity contribution in [2.45, 2.75) is 38.1 Å². The van der Waals surface area contributed by atoms with Crippen LogP contribution in [0, 0.1) is 0 Å². The molecular weight excluding hydrogens is 514 g/mol. The van der Waals surface area contributed by atoms with Crippen molar-refractivity contribution >= 4 is 23.4 Å². The summed E-state index contributed by atoms with van der Waals surface area (Å²) < 4.78 is 11.6. The number of aromatic nitrogens is 1. The van der Waals surface area contributed by atoms with E-state index in [0.29, 0.717) is 54.7 Å². The molecule has 0 fully saturated rings. The predicted molar refractivity (Wildman–Crippen MR) is 152 cm³/mol. The van der Waals surface area contributed by atoms with Gasteiger partial charge >= 0.3 is 0 Å². The monoisotopic (exact) mass is 549 g/mol. The standard InChI is InChI=1S/C31H36ClN3O4/c1-38-20-19-34-17-9-2-3-10-18-35(31(37)28-16-15-25(32)22-33-28)26(21-24-11-5-4-6-12-24)23-39-29-14-8-7-13-27(29)30(34)36/h4-8,11-16,22,26H,2-3,9-10,17-21,23H2,1H3/t26-/m0/s1. The summed E-state index contributed by atoms with van der Waals surface area (Å²) in [6, 6.07) is 20.5. The number of hydrogen-bond acceptors (Lipinski definition) is 5. The van der Waals surface area contributed by atoms with Crippen molar-refractivity contribution in [1.82, 2.24) is 14.8 Å². The van der Waals surface area contributed by atoms with Gasteiger partial charge in [0.2, 0.25) is 0 Å². The second kappa shape index (κ2) is 14.7. The first-order valence-electron chi connectivity index (χ1n) is 13.5. The largest absolute Gasteiger partial charge is 0.491 e. The van der Waals surface area contributed by atoms with Gasteiger partial charge in [0, 0.05) is 32.9 Å². The summed E-state index contributed by atoms with van der Waals surface area (Å²) in [5.41, 5.74) is 1.97. The summed E-state index contributed by atoms with van der Waals surface area (Å²) in [5.74, 6) is 0.285. The number of ether oxygens (including phenoxy) is 2. The fourth-order valence-electron chi connectivity index (χ4n) is 4.82. The number of pyridine rings is 1. The molecule has 206 valence electrons. The number of amides is 2. The predicted octanol–water partition coefficient (Wildman–Crippen LogP) is 5.53. The molecule has 2 aromatic carbocycles. The molecule has 3 aromatic rings. The summed E-state index contributed by atoms with van der Waals surface area (Å²) in [6.07, 6.45) is 5.72. The minimum atomic E-state index is -0.270. The lowest BCUT2D eigenvalue weighted by molar-refractivity contribution is 0.0586. The van der Waals surface area contributed by atoms with Crippen molar-refractivity contribution in [3.63, 3.8) is 0 Å². The second-order valence-corrected chi connectivity index (χ2v) is 10.1. The first-order valence-corrected chi connectivity index (χ1v) is 13.9. The van der Waals surface area contributed by atoms with E-state index in [-0.39, 0.29) is 24.5 Å². The third-order valence-corrected chi connectivity index (χ3v) is 7.16. The normalized spacial score (nSPS) is 17.2. The molecule has 0 aliphatic carbocycles. The van der Waals surface area contributed by atoms with E-state index in [4.69, 9.17) is 21.1 Å². The van der Waals surface area contributed by atoms with E-state index < -0.39 is 0 Å². The van der Waals surface area contributed by atoms with Gasteiger partial charge in [0.15, 0.2) is 0 Å². The van der Waals surface area contributed by atoms with E-state index in [2.05, 4.69) is 17.1 Å². The Bertz CT molecular complexity index is 1210. The minimum absolute atomic E-state index is 0.0717. The van der Waals surface area contributed by atoms with Gasteiger partial charge in [-0.3, -0.25) is 9.59 Å². The van der Waals surface area contributed by atoms with Gasteiger partial charge in [-0.1, -0.05) is 66.9 Å². The Morgan fingerprint density at radius 3 is 2.49 bits per heavy atom. The molecule has 1 atom stereocenters. The van der Waals surface area contributed by atoms with Crippen molar-refractivity contribution in [2.24, 2.45) is 0 Å². The first-order chi connectivity index (χ1) is 19.1. The van der Waals surface area contributed by atoms with Crippen molar-refractivity contribution in [1.29, 1.82) is 0 Å². The molecule has 0 saturated heterocycles. The van der Waals surface area contributed by atoms with Crippen LogP contribution in [0.5, 0.6) is 5.75 Å². The van der Waals surface area contributed by atoms with E-state index in [1.165, 1.54) is 6.20 Å². The molecule has 0 spiro atoms. The highest BCUT2D eigenvalue weighted by molar-refractivity contribution is 6.30. The van der Waals surface area contributed by atoms with E-state index in [0.717, 1.165) is 31.2 Å². The van der Waals surface area contributed by atoms with E-state index in [9.17, 15) is 9.59 Å². The fraction of sp³-hybridized carbons (Fsp3) is 0.387. The maximum Gasteiger partial charge on any atom is 0.272 e. The number of rotatable bonds is 6. The summed E-state index contributed by atoms with van der Waals surface area (Å²) in [5, 5.41) is 0.484. The van der Waals surface area contributed by atoms with Crippen LogP contribution in [0.25, 0.3) is 0 Å².